The second kappa shape index (κ2) is 8.36. The summed E-state index contributed by atoms with van der Waals surface area (Å²) in [6, 6.07) is 19.5. The van der Waals surface area contributed by atoms with Gasteiger partial charge >= 0.3 is 0 Å². The monoisotopic (exact) mass is 371 g/mol. The number of hydrogen-bond donors (Lipinski definition) is 1. The van der Waals surface area contributed by atoms with Crippen molar-refractivity contribution in [1.29, 1.82) is 0 Å². The van der Waals surface area contributed by atoms with Gasteiger partial charge in [0.25, 0.3) is 5.91 Å². The minimum atomic E-state index is -0.371. The van der Waals surface area contributed by atoms with Crippen molar-refractivity contribution in [2.45, 2.75) is 0 Å². The Morgan fingerprint density at radius 3 is 2.31 bits per heavy atom. The van der Waals surface area contributed by atoms with Gasteiger partial charge in [0, 0.05) is 0 Å². The van der Waals surface area contributed by atoms with Crippen molar-refractivity contribution >= 4 is 23.2 Å². The number of carbonyl (C=O) groups is 1. The summed E-state index contributed by atoms with van der Waals surface area (Å²) in [4.78, 5) is 12.1. The number of anilines is 1. The lowest BCUT2D eigenvalue weighted by Crippen LogP contribution is -2.20. The van der Waals surface area contributed by atoms with E-state index in [2.05, 4.69) is 5.32 Å². The average molecular weight is 372 g/mol. The van der Waals surface area contributed by atoms with E-state index in [1.165, 1.54) is 24.3 Å². The van der Waals surface area contributed by atoms with E-state index in [4.69, 9.17) is 21.1 Å². The summed E-state index contributed by atoms with van der Waals surface area (Å²) >= 11 is 6.10. The summed E-state index contributed by atoms with van der Waals surface area (Å²) in [6.45, 7) is -0.216. The predicted octanol–water partition coefficient (Wildman–Crippen LogP) is 5.29. The molecule has 3 aromatic rings. The predicted molar refractivity (Wildman–Crippen MR) is 98.5 cm³/mol. The number of halogens is 2. The number of benzene rings is 3. The molecular formula is C20H15ClFNO3. The Morgan fingerprint density at radius 2 is 1.58 bits per heavy atom. The van der Waals surface area contributed by atoms with Gasteiger partial charge < -0.3 is 14.8 Å². The molecule has 0 atom stereocenters. The van der Waals surface area contributed by atoms with Crippen molar-refractivity contribution in [1.82, 2.24) is 0 Å². The number of hydrogen-bond acceptors (Lipinski definition) is 3. The number of para-hydroxylation sites is 3. The highest BCUT2D eigenvalue weighted by Gasteiger charge is 2.10. The van der Waals surface area contributed by atoms with E-state index in [1.54, 1.807) is 48.5 Å². The van der Waals surface area contributed by atoms with Gasteiger partial charge in [-0.25, -0.2) is 4.39 Å². The molecule has 4 nitrogen and oxygen atoms in total. The molecule has 0 aliphatic heterocycles. The van der Waals surface area contributed by atoms with Crippen LogP contribution in [0.4, 0.5) is 10.1 Å². The van der Waals surface area contributed by atoms with Crippen molar-refractivity contribution < 1.29 is 18.7 Å². The highest BCUT2D eigenvalue weighted by molar-refractivity contribution is 6.32. The van der Waals surface area contributed by atoms with Crippen LogP contribution in [-0.4, -0.2) is 12.5 Å². The van der Waals surface area contributed by atoms with Crippen molar-refractivity contribution in [2.24, 2.45) is 0 Å². The zero-order valence-electron chi connectivity index (χ0n) is 13.6. The third kappa shape index (κ3) is 4.74. The fourth-order valence-electron chi connectivity index (χ4n) is 2.17. The third-order valence-electron chi connectivity index (χ3n) is 3.40. The van der Waals surface area contributed by atoms with E-state index >= 15 is 0 Å². The van der Waals surface area contributed by atoms with Gasteiger partial charge in [0.15, 0.2) is 12.4 Å². The summed E-state index contributed by atoms with van der Waals surface area (Å²) in [5, 5.41) is 3.19. The molecule has 0 aliphatic rings. The van der Waals surface area contributed by atoms with Crippen molar-refractivity contribution in [2.75, 3.05) is 11.9 Å². The average Bonchev–Trinajstić information content (AvgIpc) is 2.65. The Hall–Kier alpha value is -3.05. The molecular weight excluding hydrogens is 357 g/mol. The molecule has 0 heterocycles. The fraction of sp³-hybridized carbons (Fsp3) is 0.0500. The molecule has 0 aromatic heterocycles. The van der Waals surface area contributed by atoms with Gasteiger partial charge in [-0.05, 0) is 48.5 Å². The lowest BCUT2D eigenvalue weighted by Gasteiger charge is -2.13. The van der Waals surface area contributed by atoms with E-state index in [1.807, 2.05) is 0 Å². The van der Waals surface area contributed by atoms with Crippen LogP contribution in [0.1, 0.15) is 0 Å². The topological polar surface area (TPSA) is 47.6 Å². The zero-order valence-corrected chi connectivity index (χ0v) is 14.4. The van der Waals surface area contributed by atoms with Gasteiger partial charge in [0.05, 0.1) is 10.7 Å². The first-order valence-corrected chi connectivity index (χ1v) is 8.19. The van der Waals surface area contributed by atoms with Crippen LogP contribution in [0, 0.1) is 5.82 Å². The first kappa shape index (κ1) is 17.8. The smallest absolute Gasteiger partial charge is 0.262 e. The Kier molecular flexibility index (Phi) is 5.71. The number of ether oxygens (including phenoxy) is 2. The van der Waals surface area contributed by atoms with E-state index in [-0.39, 0.29) is 18.3 Å². The molecule has 0 unspecified atom stereocenters. The molecule has 26 heavy (non-hydrogen) atoms. The number of amides is 1. The lowest BCUT2D eigenvalue weighted by atomic mass is 10.3. The number of carbonyl (C=O) groups excluding carboxylic acids is 1. The van der Waals surface area contributed by atoms with Gasteiger partial charge in [-0.1, -0.05) is 35.9 Å². The first-order chi connectivity index (χ1) is 12.6. The highest BCUT2D eigenvalue weighted by Crippen LogP contribution is 2.33. The van der Waals surface area contributed by atoms with Gasteiger partial charge in [-0.15, -0.1) is 0 Å². The van der Waals surface area contributed by atoms with Crippen LogP contribution < -0.4 is 14.8 Å². The third-order valence-corrected chi connectivity index (χ3v) is 3.71. The van der Waals surface area contributed by atoms with E-state index < -0.39 is 0 Å². The summed E-state index contributed by atoms with van der Waals surface area (Å²) in [6.07, 6.45) is 0. The summed E-state index contributed by atoms with van der Waals surface area (Å²) in [5.41, 5.74) is 0.486. The van der Waals surface area contributed by atoms with Crippen LogP contribution in [0.15, 0.2) is 72.8 Å². The molecule has 0 radical (unpaired) electrons. The quantitative estimate of drug-likeness (QED) is 0.640. The number of rotatable bonds is 6. The lowest BCUT2D eigenvalue weighted by molar-refractivity contribution is -0.118. The molecule has 132 valence electrons. The molecule has 0 saturated heterocycles. The maximum Gasteiger partial charge on any atom is 0.262 e. The van der Waals surface area contributed by atoms with Gasteiger partial charge in [0.2, 0.25) is 0 Å². The molecule has 1 amide bonds. The zero-order chi connectivity index (χ0) is 18.4. The Labute approximate surface area is 155 Å². The summed E-state index contributed by atoms with van der Waals surface area (Å²) in [7, 11) is 0. The maximum absolute atomic E-state index is 12.9. The molecule has 3 aromatic carbocycles. The Balaban J connectivity index is 1.65. The van der Waals surface area contributed by atoms with Crippen LogP contribution in [-0.2, 0) is 4.79 Å². The van der Waals surface area contributed by atoms with Crippen LogP contribution in [0.5, 0.6) is 17.2 Å². The first-order valence-electron chi connectivity index (χ1n) is 7.81. The molecule has 0 bridgehead atoms. The Morgan fingerprint density at radius 1 is 0.923 bits per heavy atom. The van der Waals surface area contributed by atoms with Crippen LogP contribution >= 0.6 is 11.6 Å². The van der Waals surface area contributed by atoms with Gasteiger partial charge in [-0.3, -0.25) is 4.79 Å². The molecule has 0 spiro atoms. The van der Waals surface area contributed by atoms with E-state index in [0.717, 1.165) is 0 Å². The molecule has 0 aliphatic carbocycles. The van der Waals surface area contributed by atoms with Gasteiger partial charge in [-0.2, -0.15) is 0 Å². The largest absolute Gasteiger partial charge is 0.484 e. The Bertz CT molecular complexity index is 900. The van der Waals surface area contributed by atoms with Crippen molar-refractivity contribution in [3.8, 4) is 17.2 Å². The molecule has 1 N–H and O–H groups in total. The SMILES string of the molecule is O=C(COc1ccc(F)cc1)Nc1ccccc1Oc1ccccc1Cl. The van der Waals surface area contributed by atoms with Gasteiger partial charge in [0.1, 0.15) is 17.3 Å². The van der Waals surface area contributed by atoms with Crippen LogP contribution in [0.25, 0.3) is 0 Å². The minimum absolute atomic E-state index is 0.216. The molecule has 0 saturated carbocycles. The molecule has 0 fully saturated rings. The maximum atomic E-state index is 12.9. The minimum Gasteiger partial charge on any atom is -0.484 e. The fourth-order valence-corrected chi connectivity index (χ4v) is 2.35. The van der Waals surface area contributed by atoms with Crippen LogP contribution in [0.2, 0.25) is 5.02 Å². The van der Waals surface area contributed by atoms with Crippen molar-refractivity contribution in [3.05, 3.63) is 83.6 Å². The van der Waals surface area contributed by atoms with Crippen LogP contribution in [0.3, 0.4) is 0 Å². The van der Waals surface area contributed by atoms with E-state index in [9.17, 15) is 9.18 Å². The second-order valence-corrected chi connectivity index (χ2v) is 5.73. The summed E-state index contributed by atoms with van der Waals surface area (Å²) < 4.78 is 24.0. The second-order valence-electron chi connectivity index (χ2n) is 5.32. The molecule has 3 rings (SSSR count). The van der Waals surface area contributed by atoms with Crippen molar-refractivity contribution in [3.63, 3.8) is 0 Å². The summed E-state index contributed by atoms with van der Waals surface area (Å²) in [5.74, 6) is 0.605. The number of nitrogens with one attached hydrogen (secondary N) is 1. The molecule has 6 heteroatoms. The highest BCUT2D eigenvalue weighted by atomic mass is 35.5. The normalized spacial score (nSPS) is 10.2. The standard InChI is InChI=1S/C20H15ClFNO3/c21-16-5-1-3-7-18(16)26-19-8-4-2-6-17(19)23-20(24)13-25-15-11-9-14(22)10-12-15/h1-12H,13H2,(H,23,24). The van der Waals surface area contributed by atoms with E-state index in [0.29, 0.717) is 28.0 Å².